The van der Waals surface area contributed by atoms with Gasteiger partial charge in [0.15, 0.2) is 0 Å². The number of aromatic amines is 1. The van der Waals surface area contributed by atoms with E-state index in [9.17, 15) is 14.7 Å². The summed E-state index contributed by atoms with van der Waals surface area (Å²) in [6.07, 6.45) is 0. The number of nitrogens with one attached hydrogen (secondary N) is 1. The molecule has 1 unspecified atom stereocenters. The first-order valence-corrected chi connectivity index (χ1v) is 11.5. The van der Waals surface area contributed by atoms with Gasteiger partial charge in [-0.2, -0.15) is 0 Å². The van der Waals surface area contributed by atoms with Crippen molar-refractivity contribution in [3.8, 4) is 5.75 Å². The van der Waals surface area contributed by atoms with Crippen molar-refractivity contribution in [1.29, 1.82) is 0 Å². The number of likely N-dealkylation sites (N-methyl/N-ethyl adjacent to an activating group) is 1. The third kappa shape index (κ3) is 4.07. The summed E-state index contributed by atoms with van der Waals surface area (Å²) in [7, 11) is 3.84. The summed E-state index contributed by atoms with van der Waals surface area (Å²) in [5.74, 6) is -0.723. The van der Waals surface area contributed by atoms with Crippen molar-refractivity contribution in [2.24, 2.45) is 0 Å². The smallest absolute Gasteiger partial charge is 0.295 e. The van der Waals surface area contributed by atoms with Gasteiger partial charge in [0.25, 0.3) is 11.7 Å². The molecule has 3 aromatic rings. The number of ketones is 1. The number of hydrogen-bond acceptors (Lipinski definition) is 5. The molecule has 7 nitrogen and oxygen atoms in total. The zero-order valence-electron chi connectivity index (χ0n) is 20.3. The second-order valence-electron chi connectivity index (χ2n) is 8.92. The number of hydrogen-bond donors (Lipinski definition) is 2. The molecule has 7 heteroatoms. The average molecular weight is 462 g/mol. The summed E-state index contributed by atoms with van der Waals surface area (Å²) in [6.45, 7) is 7.21. The van der Waals surface area contributed by atoms with Gasteiger partial charge in [0.1, 0.15) is 11.5 Å². The molecule has 178 valence electrons. The molecule has 1 aromatic heterocycles. The van der Waals surface area contributed by atoms with Crippen LogP contribution >= 0.6 is 0 Å². The average Bonchev–Trinajstić information content (AvgIpc) is 3.25. The standard InChI is InChI=1S/C27H31N3O4/c1-6-34-21-12-11-18(15-16(21)2)25(31)23-24(30(14-13-29(4)5)27(33)26(23)32)22-17(3)28-20-10-8-7-9-19(20)22/h7-12,15,24,28,31H,6,13-14H2,1-5H3/b25-23+. The summed E-state index contributed by atoms with van der Waals surface area (Å²) in [5, 5.41) is 12.3. The molecule has 1 fully saturated rings. The van der Waals surface area contributed by atoms with E-state index in [-0.39, 0.29) is 11.3 Å². The maximum Gasteiger partial charge on any atom is 0.295 e. The second kappa shape index (κ2) is 9.35. The Morgan fingerprint density at radius 3 is 2.56 bits per heavy atom. The minimum atomic E-state index is -0.692. The van der Waals surface area contributed by atoms with Gasteiger partial charge in [-0.05, 0) is 64.7 Å². The fraction of sp³-hybridized carbons (Fsp3) is 0.333. The van der Waals surface area contributed by atoms with Crippen molar-refractivity contribution in [1.82, 2.24) is 14.8 Å². The van der Waals surface area contributed by atoms with Gasteiger partial charge in [0.05, 0.1) is 18.2 Å². The van der Waals surface area contributed by atoms with Crippen LogP contribution in [0.2, 0.25) is 0 Å². The van der Waals surface area contributed by atoms with Crippen molar-refractivity contribution in [3.63, 3.8) is 0 Å². The molecule has 0 radical (unpaired) electrons. The van der Waals surface area contributed by atoms with Gasteiger partial charge in [0.2, 0.25) is 0 Å². The van der Waals surface area contributed by atoms with Crippen LogP contribution in [0.1, 0.15) is 35.3 Å². The fourth-order valence-corrected chi connectivity index (χ4v) is 4.64. The number of fused-ring (bicyclic) bond motifs is 1. The van der Waals surface area contributed by atoms with Crippen molar-refractivity contribution in [2.45, 2.75) is 26.8 Å². The van der Waals surface area contributed by atoms with Gasteiger partial charge >= 0.3 is 0 Å². The Hall–Kier alpha value is -3.58. The number of carbonyl (C=O) groups excluding carboxylic acids is 2. The number of ether oxygens (including phenoxy) is 1. The molecule has 2 heterocycles. The van der Waals surface area contributed by atoms with Crippen molar-refractivity contribution < 1.29 is 19.4 Å². The Bertz CT molecular complexity index is 1290. The number of aliphatic hydroxyl groups is 1. The van der Waals surface area contributed by atoms with Crippen molar-refractivity contribution in [3.05, 3.63) is 70.4 Å². The van der Waals surface area contributed by atoms with E-state index in [1.54, 1.807) is 23.1 Å². The highest BCUT2D eigenvalue weighted by Crippen LogP contribution is 2.43. The van der Waals surface area contributed by atoms with Crippen molar-refractivity contribution in [2.75, 3.05) is 33.8 Å². The third-order valence-corrected chi connectivity index (χ3v) is 6.29. The monoisotopic (exact) mass is 461 g/mol. The molecular weight excluding hydrogens is 430 g/mol. The highest BCUT2D eigenvalue weighted by Gasteiger charge is 2.47. The largest absolute Gasteiger partial charge is 0.507 e. The Labute approximate surface area is 199 Å². The van der Waals surface area contributed by atoms with Gasteiger partial charge in [0, 0.05) is 40.8 Å². The summed E-state index contributed by atoms with van der Waals surface area (Å²) in [5.41, 5.74) is 4.04. The van der Waals surface area contributed by atoms with Crippen LogP contribution < -0.4 is 4.74 Å². The van der Waals surface area contributed by atoms with Gasteiger partial charge in [-0.25, -0.2) is 0 Å². The summed E-state index contributed by atoms with van der Waals surface area (Å²) in [4.78, 5) is 33.4. The third-order valence-electron chi connectivity index (χ3n) is 6.29. The Morgan fingerprint density at radius 1 is 1.15 bits per heavy atom. The zero-order chi connectivity index (χ0) is 24.6. The van der Waals surface area contributed by atoms with Gasteiger partial charge in [-0.3, -0.25) is 9.59 Å². The second-order valence-corrected chi connectivity index (χ2v) is 8.92. The number of likely N-dealkylation sites (tertiary alicyclic amines) is 1. The number of nitrogens with zero attached hydrogens (tertiary/aromatic N) is 2. The van der Waals surface area contributed by atoms with Crippen LogP contribution in [-0.2, 0) is 9.59 Å². The van der Waals surface area contributed by atoms with Crippen molar-refractivity contribution >= 4 is 28.4 Å². The highest BCUT2D eigenvalue weighted by molar-refractivity contribution is 6.46. The summed E-state index contributed by atoms with van der Waals surface area (Å²) >= 11 is 0. The lowest BCUT2D eigenvalue weighted by Gasteiger charge is -2.27. The molecule has 1 saturated heterocycles. The van der Waals surface area contributed by atoms with Gasteiger partial charge < -0.3 is 24.6 Å². The van der Waals surface area contributed by atoms with E-state index in [0.717, 1.165) is 33.5 Å². The Kier molecular flexibility index (Phi) is 6.48. The predicted octanol–water partition coefficient (Wildman–Crippen LogP) is 4.17. The molecule has 1 aliphatic heterocycles. The summed E-state index contributed by atoms with van der Waals surface area (Å²) < 4.78 is 5.61. The van der Waals surface area contributed by atoms with Crippen LogP contribution in [0, 0.1) is 13.8 Å². The summed E-state index contributed by atoms with van der Waals surface area (Å²) in [6, 6.07) is 12.4. The number of carbonyl (C=O) groups is 2. The van der Waals surface area contributed by atoms with Crippen LogP contribution in [0.25, 0.3) is 16.7 Å². The normalized spacial score (nSPS) is 17.8. The number of aromatic nitrogens is 1. The van der Waals surface area contributed by atoms with Crippen LogP contribution in [0.4, 0.5) is 0 Å². The maximum atomic E-state index is 13.3. The number of para-hydroxylation sites is 1. The Morgan fingerprint density at radius 2 is 1.88 bits per heavy atom. The van der Waals surface area contributed by atoms with E-state index in [2.05, 4.69) is 4.98 Å². The SMILES string of the molecule is CCOc1ccc(/C(O)=C2\C(=O)C(=O)N(CCN(C)C)C2c2c(C)[nH]c3ccccc23)cc1C. The molecule has 0 saturated carbocycles. The molecule has 0 spiro atoms. The maximum absolute atomic E-state index is 13.3. The number of rotatable bonds is 7. The van der Waals surface area contributed by atoms with Crippen LogP contribution in [-0.4, -0.2) is 65.4 Å². The van der Waals surface area contributed by atoms with E-state index in [0.29, 0.717) is 25.3 Å². The molecule has 1 amide bonds. The molecule has 1 atom stereocenters. The van der Waals surface area contributed by atoms with Crippen LogP contribution in [0.5, 0.6) is 5.75 Å². The van der Waals surface area contributed by atoms with Crippen LogP contribution in [0.3, 0.4) is 0 Å². The molecule has 2 N–H and O–H groups in total. The number of H-pyrrole nitrogens is 1. The molecule has 34 heavy (non-hydrogen) atoms. The number of benzene rings is 2. The first-order chi connectivity index (χ1) is 16.2. The lowest BCUT2D eigenvalue weighted by Crippen LogP contribution is -2.35. The molecule has 0 bridgehead atoms. The molecule has 1 aliphatic rings. The topological polar surface area (TPSA) is 85.9 Å². The van der Waals surface area contributed by atoms with E-state index < -0.39 is 17.7 Å². The molecule has 4 rings (SSSR count). The van der Waals surface area contributed by atoms with E-state index in [1.165, 1.54) is 0 Å². The van der Waals surface area contributed by atoms with Crippen LogP contribution in [0.15, 0.2) is 48.0 Å². The number of amides is 1. The van der Waals surface area contributed by atoms with Gasteiger partial charge in [-0.15, -0.1) is 0 Å². The first kappa shape index (κ1) is 23.6. The zero-order valence-corrected chi connectivity index (χ0v) is 20.3. The lowest BCUT2D eigenvalue weighted by atomic mass is 9.93. The fourth-order valence-electron chi connectivity index (χ4n) is 4.64. The lowest BCUT2D eigenvalue weighted by molar-refractivity contribution is -0.140. The van der Waals surface area contributed by atoms with E-state index in [4.69, 9.17) is 4.74 Å². The van der Waals surface area contributed by atoms with E-state index in [1.807, 2.05) is 64.0 Å². The number of Topliss-reactive ketones (excluding diaryl/α,β-unsaturated/α-hetero) is 1. The molecule has 0 aliphatic carbocycles. The molecular formula is C27H31N3O4. The predicted molar refractivity (Wildman–Crippen MR) is 133 cm³/mol. The van der Waals surface area contributed by atoms with E-state index >= 15 is 0 Å². The quantitative estimate of drug-likeness (QED) is 0.313. The van der Waals surface area contributed by atoms with Gasteiger partial charge in [-0.1, -0.05) is 18.2 Å². The molecule has 2 aromatic carbocycles. The number of aryl methyl sites for hydroxylation is 2. The Balaban J connectivity index is 1.92. The first-order valence-electron chi connectivity index (χ1n) is 11.5. The minimum absolute atomic E-state index is 0.111. The highest BCUT2D eigenvalue weighted by atomic mass is 16.5. The minimum Gasteiger partial charge on any atom is -0.507 e. The number of aliphatic hydroxyl groups excluding tert-OH is 1.